The van der Waals surface area contributed by atoms with Crippen LogP contribution in [0.3, 0.4) is 0 Å². The number of phosphoric acid groups is 2. The number of esters is 4. The summed E-state index contributed by atoms with van der Waals surface area (Å²) in [5.74, 6) is -5.10. The van der Waals surface area contributed by atoms with Crippen LogP contribution in [0.4, 0.5) is 8.78 Å². The molecule has 0 aromatic carbocycles. The predicted molar refractivity (Wildman–Crippen MR) is 233 cm³/mol. The molecule has 8 atom stereocenters. The molecule has 0 saturated carbocycles. The highest BCUT2D eigenvalue weighted by Gasteiger charge is 2.65. The highest BCUT2D eigenvalue weighted by Crippen LogP contribution is 2.53. The number of ether oxygens (including phenoxy) is 6. The van der Waals surface area contributed by atoms with Crippen molar-refractivity contribution in [1.82, 2.24) is 20.4 Å². The van der Waals surface area contributed by atoms with E-state index in [-0.39, 0.29) is 11.6 Å². The van der Waals surface area contributed by atoms with Gasteiger partial charge in [-0.2, -0.15) is 0 Å². The van der Waals surface area contributed by atoms with Crippen molar-refractivity contribution in [3.05, 3.63) is 49.4 Å². The minimum atomic E-state index is -4.74. The van der Waals surface area contributed by atoms with Gasteiger partial charge in [-0.25, -0.2) is 36.0 Å². The maximum absolute atomic E-state index is 14.4. The van der Waals surface area contributed by atoms with Gasteiger partial charge in [-0.05, 0) is 13.8 Å². The molecule has 0 aliphatic carbocycles. The molecule has 4 aliphatic rings. The van der Waals surface area contributed by atoms with Crippen molar-refractivity contribution in [3.8, 4) is 0 Å². The van der Waals surface area contributed by atoms with Gasteiger partial charge in [0.1, 0.15) is 48.4 Å². The molecule has 2 amide bonds. The highest BCUT2D eigenvalue weighted by molar-refractivity contribution is 7.48. The van der Waals surface area contributed by atoms with Crippen LogP contribution < -0.4 is 10.6 Å². The van der Waals surface area contributed by atoms with Gasteiger partial charge in [0, 0.05) is 38.4 Å². The minimum Gasteiger partial charge on any atom is -0.438 e. The number of hydrogen-bond acceptors (Lipinski definition) is 26. The third-order valence-corrected chi connectivity index (χ3v) is 12.9. The minimum absolute atomic E-state index is 0.0261. The van der Waals surface area contributed by atoms with Crippen molar-refractivity contribution in [3.63, 3.8) is 0 Å². The summed E-state index contributed by atoms with van der Waals surface area (Å²) < 4.78 is 114. The van der Waals surface area contributed by atoms with Gasteiger partial charge in [-0.1, -0.05) is 40.9 Å². The summed E-state index contributed by atoms with van der Waals surface area (Å²) in [4.78, 5) is 70.6. The Balaban J connectivity index is 0.000000383. The monoisotopic (exact) mass is 1080 g/mol. The Kier molecular flexibility index (Phi) is 21.7. The Bertz CT molecular complexity index is 2130. The van der Waals surface area contributed by atoms with Crippen LogP contribution in [-0.4, -0.2) is 167 Å². The lowest BCUT2D eigenvalue weighted by molar-refractivity contribution is -0.162. The van der Waals surface area contributed by atoms with E-state index in [1.54, 1.807) is 27.7 Å². The zero-order valence-corrected chi connectivity index (χ0v) is 42.1. The van der Waals surface area contributed by atoms with Crippen LogP contribution in [-0.2, 0) is 93.5 Å². The number of phosphoric ester groups is 2. The van der Waals surface area contributed by atoms with E-state index in [0.717, 1.165) is 49.6 Å². The third kappa shape index (κ3) is 15.6. The van der Waals surface area contributed by atoms with Gasteiger partial charge in [0.25, 0.3) is 11.8 Å². The number of carbonyl (C=O) groups is 6. The topological polar surface area (TPSA) is 359 Å². The second-order valence-electron chi connectivity index (χ2n) is 16.8. The number of aliphatic hydroxyl groups excluding tert-OH is 2. The first-order valence-electron chi connectivity index (χ1n) is 21.2. The van der Waals surface area contributed by atoms with Crippen LogP contribution in [0.5, 0.6) is 0 Å². The summed E-state index contributed by atoms with van der Waals surface area (Å²) >= 11 is 0. The Morgan fingerprint density at radius 3 is 1.22 bits per heavy atom. The summed E-state index contributed by atoms with van der Waals surface area (Å²) in [6.07, 6.45) is -2.25. The van der Waals surface area contributed by atoms with Gasteiger partial charge in [0.05, 0.1) is 25.0 Å². The zero-order chi connectivity index (χ0) is 54.6. The van der Waals surface area contributed by atoms with Crippen LogP contribution >= 0.6 is 15.6 Å². The van der Waals surface area contributed by atoms with Crippen LogP contribution in [0.1, 0.15) is 55.4 Å². The fraction of sp³-hybridized carbons (Fsp3) is 0.650. The van der Waals surface area contributed by atoms with Crippen LogP contribution in [0, 0.1) is 11.8 Å². The van der Waals surface area contributed by atoms with Crippen LogP contribution in [0.25, 0.3) is 0 Å². The molecule has 408 valence electrons. The molecule has 72 heavy (non-hydrogen) atoms. The molecule has 0 spiro atoms. The standard InChI is InChI=1S/C22H34FN2O12P.C18H26FN2O12P/c1-13(2)17(27)32-11-35-38(31,36-12-33-18(28)14(3)4)34-10-22(9-23)19(29)21(6,30)20(37-22)25-8-7-16(26)24-15(25)5;1-11-20-14(24)5-6-21(11)16-17(4,26)15(25)18(7-19,33-16)8-30-34(27,31-9-28-12(2)22)32-10-29-13(3)23/h7-8,13-14,19-20,29-30H,5,9-12H2,1-4,6H3,(H,24,26);5-6,15-16,25-26H,1,7-10H2,2-4H3,(H,20,24)/t19-,20+,21+,22+;15-,16+,17+,18+/m00/s1. The molecule has 0 aromatic rings. The Hall–Kier alpha value is -4.78. The predicted octanol–water partition coefficient (Wildman–Crippen LogP) is 0.830. The van der Waals surface area contributed by atoms with E-state index >= 15 is 0 Å². The average molecular weight is 1080 g/mol. The fourth-order valence-electron chi connectivity index (χ4n) is 6.33. The molecular formula is C40H60F2N4O24P2. The number of alkyl halides is 2. The Labute approximate surface area is 411 Å². The lowest BCUT2D eigenvalue weighted by Crippen LogP contribution is -2.55. The number of nitrogens with zero attached hydrogens (tertiary/aromatic N) is 2. The summed E-state index contributed by atoms with van der Waals surface area (Å²) in [5.41, 5.74) is -8.91. The van der Waals surface area contributed by atoms with Crippen LogP contribution in [0.2, 0.25) is 0 Å². The van der Waals surface area contributed by atoms with E-state index in [1.165, 1.54) is 12.4 Å². The summed E-state index contributed by atoms with van der Waals surface area (Å²) in [5, 5.41) is 48.2. The number of carbonyl (C=O) groups excluding carboxylic acids is 6. The van der Waals surface area contributed by atoms with Gasteiger partial charge < -0.3 is 69.3 Å². The number of rotatable bonds is 24. The van der Waals surface area contributed by atoms with Crippen molar-refractivity contribution in [2.45, 2.75) is 102 Å². The van der Waals surface area contributed by atoms with Crippen molar-refractivity contribution < 1.29 is 123 Å². The maximum atomic E-state index is 14.4. The number of nitrogens with one attached hydrogen (secondary N) is 2. The maximum Gasteiger partial charge on any atom is 0.480 e. The summed E-state index contributed by atoms with van der Waals surface area (Å²) in [6.45, 7) is 9.38. The van der Waals surface area contributed by atoms with Crippen molar-refractivity contribution >= 4 is 51.3 Å². The number of hydrogen-bond donors (Lipinski definition) is 6. The third-order valence-electron chi connectivity index (χ3n) is 10.3. The summed E-state index contributed by atoms with van der Waals surface area (Å²) in [7, 11) is -9.41. The van der Waals surface area contributed by atoms with Crippen molar-refractivity contribution in [2.75, 3.05) is 53.7 Å². The van der Waals surface area contributed by atoms with Gasteiger partial charge in [-0.15, -0.1) is 0 Å². The van der Waals surface area contributed by atoms with Crippen molar-refractivity contribution in [2.24, 2.45) is 11.8 Å². The van der Waals surface area contributed by atoms with Gasteiger partial charge >= 0.3 is 39.5 Å². The molecular weight excluding hydrogens is 1020 g/mol. The second kappa shape index (κ2) is 25.4. The smallest absolute Gasteiger partial charge is 0.438 e. The first-order chi connectivity index (χ1) is 33.3. The number of halogens is 2. The van der Waals surface area contributed by atoms with E-state index in [2.05, 4.69) is 33.3 Å². The fourth-order valence-corrected chi connectivity index (χ4v) is 8.26. The molecule has 4 heterocycles. The highest BCUT2D eigenvalue weighted by atomic mass is 31.2. The van der Waals surface area contributed by atoms with Crippen molar-refractivity contribution in [1.29, 1.82) is 0 Å². The SMILES string of the molecule is C=C1NC(=O)C=CN1[C@@H]1O[C@](CF)(COP(=O)(OCOC(=O)C(C)C)OCOC(=O)C(C)C)[C@@H](O)[C@@]1(C)O.C=C1NC(=O)C=CN1[C@@H]1O[C@](CF)(COP(=O)(OCOC(C)=O)OCOC(C)=O)[C@@H](O)[C@@]1(C)O. The van der Waals surface area contributed by atoms with Crippen LogP contribution in [0.15, 0.2) is 49.4 Å². The zero-order valence-electron chi connectivity index (χ0n) is 40.3. The van der Waals surface area contributed by atoms with E-state index in [1.807, 2.05) is 0 Å². The molecule has 4 aliphatic heterocycles. The molecule has 28 nitrogen and oxygen atoms in total. The normalized spacial score (nSPS) is 28.4. The molecule has 0 unspecified atom stereocenters. The van der Waals surface area contributed by atoms with Gasteiger partial charge in [-0.3, -0.25) is 37.8 Å². The lowest BCUT2D eigenvalue weighted by Gasteiger charge is -2.37. The first-order valence-corrected chi connectivity index (χ1v) is 24.2. The van der Waals surface area contributed by atoms with E-state index < -0.39 is 164 Å². The molecule has 2 saturated heterocycles. The van der Waals surface area contributed by atoms with E-state index in [0.29, 0.717) is 0 Å². The molecule has 2 fully saturated rings. The average Bonchev–Trinajstić information content (AvgIpc) is 3.62. The quantitative estimate of drug-likeness (QED) is 0.0337. The molecule has 32 heteroatoms. The van der Waals surface area contributed by atoms with Gasteiger partial charge in [0.2, 0.25) is 27.2 Å². The molecule has 4 rings (SSSR count). The lowest BCUT2D eigenvalue weighted by atomic mass is 9.88. The second-order valence-corrected chi connectivity index (χ2v) is 20.2. The molecule has 0 radical (unpaired) electrons. The largest absolute Gasteiger partial charge is 0.480 e. The van der Waals surface area contributed by atoms with Gasteiger partial charge in [0.15, 0.2) is 23.7 Å². The summed E-state index contributed by atoms with van der Waals surface area (Å²) in [6, 6.07) is 0. The molecule has 0 bridgehead atoms. The van der Waals surface area contributed by atoms with E-state index in [4.69, 9.17) is 46.1 Å². The van der Waals surface area contributed by atoms with E-state index in [9.17, 15) is 67.1 Å². The number of amides is 2. The number of aliphatic hydroxyl groups is 4. The Morgan fingerprint density at radius 1 is 0.653 bits per heavy atom. The molecule has 6 N–H and O–H groups in total. The molecule has 0 aromatic heterocycles. The first kappa shape index (κ1) is 61.5. The Morgan fingerprint density at radius 2 is 0.958 bits per heavy atom.